The highest BCUT2D eigenvalue weighted by Crippen LogP contribution is 2.26. The summed E-state index contributed by atoms with van der Waals surface area (Å²) in [6.07, 6.45) is 2.46. The van der Waals surface area contributed by atoms with E-state index in [1.165, 1.54) is 12.1 Å². The zero-order valence-electron chi connectivity index (χ0n) is 11.4. The number of anilines is 1. The SMILES string of the molecule is CCc1cccnc1-c1noc(-c2ccc(N)cc2F)n1. The maximum absolute atomic E-state index is 13.9. The third kappa shape index (κ3) is 2.47. The molecular weight excluding hydrogens is 271 g/mol. The van der Waals surface area contributed by atoms with Gasteiger partial charge in [0.2, 0.25) is 5.82 Å². The third-order valence-corrected chi connectivity index (χ3v) is 3.13. The van der Waals surface area contributed by atoms with Gasteiger partial charge in [-0.15, -0.1) is 0 Å². The highest BCUT2D eigenvalue weighted by atomic mass is 19.1. The van der Waals surface area contributed by atoms with Crippen LogP contribution in [0.3, 0.4) is 0 Å². The second-order valence-corrected chi connectivity index (χ2v) is 4.53. The van der Waals surface area contributed by atoms with Crippen LogP contribution in [0.25, 0.3) is 23.0 Å². The van der Waals surface area contributed by atoms with Crippen LogP contribution >= 0.6 is 0 Å². The Bertz CT molecular complexity index is 785. The third-order valence-electron chi connectivity index (χ3n) is 3.13. The summed E-state index contributed by atoms with van der Waals surface area (Å²) in [7, 11) is 0. The van der Waals surface area contributed by atoms with Gasteiger partial charge in [-0.1, -0.05) is 18.1 Å². The summed E-state index contributed by atoms with van der Waals surface area (Å²) >= 11 is 0. The summed E-state index contributed by atoms with van der Waals surface area (Å²) in [6, 6.07) is 8.12. The number of benzene rings is 1. The van der Waals surface area contributed by atoms with Crippen molar-refractivity contribution in [3.8, 4) is 23.0 Å². The first-order valence-corrected chi connectivity index (χ1v) is 6.52. The van der Waals surface area contributed by atoms with Crippen molar-refractivity contribution in [2.75, 3.05) is 5.73 Å². The first-order chi connectivity index (χ1) is 10.2. The summed E-state index contributed by atoms with van der Waals surface area (Å²) in [5.41, 5.74) is 7.73. The maximum atomic E-state index is 13.9. The lowest BCUT2D eigenvalue weighted by molar-refractivity contribution is 0.429. The lowest BCUT2D eigenvalue weighted by Crippen LogP contribution is -1.93. The zero-order valence-corrected chi connectivity index (χ0v) is 11.4. The molecule has 2 aromatic heterocycles. The molecule has 106 valence electrons. The van der Waals surface area contributed by atoms with Crippen molar-refractivity contribution in [3.05, 3.63) is 47.9 Å². The van der Waals surface area contributed by atoms with Crippen molar-refractivity contribution < 1.29 is 8.91 Å². The lowest BCUT2D eigenvalue weighted by Gasteiger charge is -2.00. The number of nitrogen functional groups attached to an aromatic ring is 1. The fourth-order valence-electron chi connectivity index (χ4n) is 2.06. The summed E-state index contributed by atoms with van der Waals surface area (Å²) in [6.45, 7) is 2.02. The fourth-order valence-corrected chi connectivity index (χ4v) is 2.06. The van der Waals surface area contributed by atoms with E-state index in [1.807, 2.05) is 19.1 Å². The molecule has 2 heterocycles. The van der Waals surface area contributed by atoms with Gasteiger partial charge in [0.05, 0.1) is 5.56 Å². The molecule has 0 saturated heterocycles. The molecule has 0 atom stereocenters. The minimum absolute atomic E-state index is 0.107. The smallest absolute Gasteiger partial charge is 0.261 e. The Morgan fingerprint density at radius 1 is 1.29 bits per heavy atom. The summed E-state index contributed by atoms with van der Waals surface area (Å²) < 4.78 is 19.0. The van der Waals surface area contributed by atoms with Gasteiger partial charge in [0.25, 0.3) is 5.89 Å². The van der Waals surface area contributed by atoms with E-state index in [0.717, 1.165) is 12.0 Å². The minimum atomic E-state index is -0.498. The first-order valence-electron chi connectivity index (χ1n) is 6.52. The molecule has 0 spiro atoms. The Labute approximate surface area is 120 Å². The van der Waals surface area contributed by atoms with Crippen molar-refractivity contribution in [2.45, 2.75) is 13.3 Å². The molecule has 21 heavy (non-hydrogen) atoms. The van der Waals surface area contributed by atoms with Gasteiger partial charge >= 0.3 is 0 Å². The summed E-state index contributed by atoms with van der Waals surface area (Å²) in [5, 5.41) is 3.89. The van der Waals surface area contributed by atoms with Gasteiger partial charge in [-0.25, -0.2) is 4.39 Å². The Morgan fingerprint density at radius 3 is 2.90 bits per heavy atom. The van der Waals surface area contributed by atoms with Gasteiger partial charge in [0.15, 0.2) is 0 Å². The van der Waals surface area contributed by atoms with E-state index in [9.17, 15) is 4.39 Å². The molecule has 3 rings (SSSR count). The number of rotatable bonds is 3. The van der Waals surface area contributed by atoms with Crippen molar-refractivity contribution in [1.82, 2.24) is 15.1 Å². The lowest BCUT2D eigenvalue weighted by atomic mass is 10.1. The Hall–Kier alpha value is -2.76. The molecule has 0 saturated carbocycles. The van der Waals surface area contributed by atoms with Crippen LogP contribution in [0.4, 0.5) is 10.1 Å². The standard InChI is InChI=1S/C15H13FN4O/c1-2-9-4-3-7-18-13(9)14-19-15(21-20-14)11-6-5-10(17)8-12(11)16/h3-8H,2,17H2,1H3. The number of nitrogens with zero attached hydrogens (tertiary/aromatic N) is 3. The highest BCUT2D eigenvalue weighted by Gasteiger charge is 2.16. The maximum Gasteiger partial charge on any atom is 0.261 e. The number of nitrogens with two attached hydrogens (primary N) is 1. The van der Waals surface area contributed by atoms with E-state index in [1.54, 1.807) is 12.3 Å². The molecule has 0 aliphatic rings. The van der Waals surface area contributed by atoms with Gasteiger partial charge in [0.1, 0.15) is 11.5 Å². The van der Waals surface area contributed by atoms with Crippen molar-refractivity contribution in [2.24, 2.45) is 0 Å². The number of aromatic nitrogens is 3. The van der Waals surface area contributed by atoms with Crippen LogP contribution in [0, 0.1) is 5.82 Å². The Morgan fingerprint density at radius 2 is 2.14 bits per heavy atom. The Kier molecular flexibility index (Phi) is 3.35. The van der Waals surface area contributed by atoms with Crippen LogP contribution in [0.1, 0.15) is 12.5 Å². The molecule has 6 heteroatoms. The van der Waals surface area contributed by atoms with E-state index >= 15 is 0 Å². The van der Waals surface area contributed by atoms with Gasteiger partial charge in [0, 0.05) is 11.9 Å². The normalized spacial score (nSPS) is 10.8. The summed E-state index contributed by atoms with van der Waals surface area (Å²) in [4.78, 5) is 8.49. The van der Waals surface area contributed by atoms with Crippen LogP contribution in [0.5, 0.6) is 0 Å². The molecule has 0 aliphatic carbocycles. The van der Waals surface area contributed by atoms with Gasteiger partial charge in [-0.05, 0) is 36.2 Å². The number of halogens is 1. The second-order valence-electron chi connectivity index (χ2n) is 4.53. The van der Waals surface area contributed by atoms with Crippen LogP contribution in [-0.2, 0) is 6.42 Å². The minimum Gasteiger partial charge on any atom is -0.399 e. The Balaban J connectivity index is 2.04. The molecule has 0 radical (unpaired) electrons. The van der Waals surface area contributed by atoms with Crippen LogP contribution in [0.2, 0.25) is 0 Å². The quantitative estimate of drug-likeness (QED) is 0.748. The summed E-state index contributed by atoms with van der Waals surface area (Å²) in [5.74, 6) is -0.0455. The molecule has 3 aromatic rings. The average Bonchev–Trinajstić information content (AvgIpc) is 2.96. The monoisotopic (exact) mass is 284 g/mol. The van der Waals surface area contributed by atoms with Crippen molar-refractivity contribution in [3.63, 3.8) is 0 Å². The van der Waals surface area contributed by atoms with Crippen LogP contribution in [0.15, 0.2) is 41.1 Å². The molecular formula is C15H13FN4O. The predicted molar refractivity (Wildman–Crippen MR) is 76.7 cm³/mol. The predicted octanol–water partition coefficient (Wildman–Crippen LogP) is 3.08. The average molecular weight is 284 g/mol. The first kappa shape index (κ1) is 13.2. The van der Waals surface area contributed by atoms with E-state index in [4.69, 9.17) is 10.3 Å². The molecule has 0 aliphatic heterocycles. The van der Waals surface area contributed by atoms with Gasteiger partial charge < -0.3 is 10.3 Å². The largest absolute Gasteiger partial charge is 0.399 e. The molecule has 2 N–H and O–H groups in total. The molecule has 0 fully saturated rings. The second kappa shape index (κ2) is 5.32. The fraction of sp³-hybridized carbons (Fsp3) is 0.133. The number of hydrogen-bond acceptors (Lipinski definition) is 5. The molecule has 0 amide bonds. The molecule has 1 aromatic carbocycles. The van der Waals surface area contributed by atoms with E-state index in [0.29, 0.717) is 17.2 Å². The molecule has 5 nitrogen and oxygen atoms in total. The van der Waals surface area contributed by atoms with Crippen LogP contribution < -0.4 is 5.73 Å². The van der Waals surface area contributed by atoms with Gasteiger partial charge in [-0.3, -0.25) is 4.98 Å². The van der Waals surface area contributed by atoms with Gasteiger partial charge in [-0.2, -0.15) is 4.98 Å². The van der Waals surface area contributed by atoms with E-state index < -0.39 is 5.82 Å². The zero-order chi connectivity index (χ0) is 14.8. The number of pyridine rings is 1. The number of hydrogen-bond donors (Lipinski definition) is 1. The van der Waals surface area contributed by atoms with Crippen molar-refractivity contribution in [1.29, 1.82) is 0 Å². The molecule has 0 unspecified atom stereocenters. The van der Waals surface area contributed by atoms with E-state index in [2.05, 4.69) is 15.1 Å². The highest BCUT2D eigenvalue weighted by molar-refractivity contribution is 5.62. The number of aryl methyl sites for hydroxylation is 1. The van der Waals surface area contributed by atoms with Crippen molar-refractivity contribution >= 4 is 5.69 Å². The van der Waals surface area contributed by atoms with E-state index in [-0.39, 0.29) is 11.5 Å². The molecule has 0 bridgehead atoms. The topological polar surface area (TPSA) is 77.8 Å². The van der Waals surface area contributed by atoms with Crippen LogP contribution in [-0.4, -0.2) is 15.1 Å².